The van der Waals surface area contributed by atoms with E-state index in [0.717, 1.165) is 47.6 Å². The molecule has 1 aliphatic heterocycles. The van der Waals surface area contributed by atoms with Gasteiger partial charge in [0.05, 0.1) is 14.2 Å². The zero-order valence-corrected chi connectivity index (χ0v) is 16.1. The SMILES string of the molecule is COc1cc2c(cc1OC)CN(Cc1cc(Br)ccc1O)CC2.Cl. The number of hydrogen-bond donors (Lipinski definition) is 1. The van der Waals surface area contributed by atoms with Crippen molar-refractivity contribution in [3.8, 4) is 17.2 Å². The summed E-state index contributed by atoms with van der Waals surface area (Å²) in [6.45, 7) is 2.51. The fourth-order valence-corrected chi connectivity index (χ4v) is 3.41. The molecular weight excluding hydrogens is 394 g/mol. The Kier molecular flexibility index (Phi) is 6.38. The van der Waals surface area contributed by atoms with Gasteiger partial charge in [-0.15, -0.1) is 12.4 Å². The van der Waals surface area contributed by atoms with Gasteiger partial charge in [-0.25, -0.2) is 0 Å². The first-order chi connectivity index (χ1) is 11.1. The Bertz CT molecular complexity index is 724. The lowest BCUT2D eigenvalue weighted by Crippen LogP contribution is -2.30. The van der Waals surface area contributed by atoms with Gasteiger partial charge in [0.2, 0.25) is 0 Å². The van der Waals surface area contributed by atoms with E-state index in [1.807, 2.05) is 12.1 Å². The van der Waals surface area contributed by atoms with Gasteiger partial charge in [-0.3, -0.25) is 4.90 Å². The number of rotatable bonds is 4. The Morgan fingerprint density at radius 3 is 2.42 bits per heavy atom. The lowest BCUT2D eigenvalue weighted by atomic mass is 9.98. The van der Waals surface area contributed by atoms with Gasteiger partial charge in [0.15, 0.2) is 11.5 Å². The number of halogens is 2. The minimum absolute atomic E-state index is 0. The van der Waals surface area contributed by atoms with Crippen LogP contribution in [0.4, 0.5) is 0 Å². The van der Waals surface area contributed by atoms with E-state index in [1.165, 1.54) is 11.1 Å². The molecule has 6 heteroatoms. The molecule has 1 aliphatic rings. The summed E-state index contributed by atoms with van der Waals surface area (Å²) in [6.07, 6.45) is 0.963. The summed E-state index contributed by atoms with van der Waals surface area (Å²) in [5, 5.41) is 10.0. The maximum atomic E-state index is 10.0. The van der Waals surface area contributed by atoms with E-state index >= 15 is 0 Å². The second-order valence-corrected chi connectivity index (χ2v) is 6.63. The van der Waals surface area contributed by atoms with Crippen LogP contribution in [0.2, 0.25) is 0 Å². The van der Waals surface area contributed by atoms with Gasteiger partial charge in [0.1, 0.15) is 5.75 Å². The molecule has 0 unspecified atom stereocenters. The smallest absolute Gasteiger partial charge is 0.161 e. The van der Waals surface area contributed by atoms with Crippen LogP contribution in [0.1, 0.15) is 16.7 Å². The van der Waals surface area contributed by atoms with Crippen LogP contribution in [0.5, 0.6) is 17.2 Å². The third-order valence-corrected chi connectivity index (χ3v) is 4.73. The molecule has 0 aliphatic carbocycles. The van der Waals surface area contributed by atoms with E-state index in [2.05, 4.69) is 33.0 Å². The van der Waals surface area contributed by atoms with Crippen molar-refractivity contribution in [2.45, 2.75) is 19.5 Å². The summed E-state index contributed by atoms with van der Waals surface area (Å²) < 4.78 is 11.8. The van der Waals surface area contributed by atoms with Gasteiger partial charge in [-0.05, 0) is 47.9 Å². The number of hydrogen-bond acceptors (Lipinski definition) is 4. The summed E-state index contributed by atoms with van der Waals surface area (Å²) in [7, 11) is 3.32. The first kappa shape index (κ1) is 18.9. The Hall–Kier alpha value is -1.43. The Morgan fingerprint density at radius 2 is 1.75 bits per heavy atom. The van der Waals surface area contributed by atoms with Gasteiger partial charge in [0.25, 0.3) is 0 Å². The lowest BCUT2D eigenvalue weighted by Gasteiger charge is -2.29. The van der Waals surface area contributed by atoms with Crippen LogP contribution in [0.25, 0.3) is 0 Å². The number of nitrogens with zero attached hydrogens (tertiary/aromatic N) is 1. The van der Waals surface area contributed by atoms with E-state index in [0.29, 0.717) is 5.75 Å². The van der Waals surface area contributed by atoms with E-state index in [4.69, 9.17) is 9.47 Å². The fraction of sp³-hybridized carbons (Fsp3) is 0.333. The second kappa shape index (κ2) is 8.10. The van der Waals surface area contributed by atoms with Gasteiger partial charge in [0, 0.05) is 29.7 Å². The number of benzene rings is 2. The minimum atomic E-state index is 0. The molecule has 2 aromatic rings. The van der Waals surface area contributed by atoms with Crippen LogP contribution in [-0.4, -0.2) is 30.8 Å². The van der Waals surface area contributed by atoms with Crippen molar-refractivity contribution < 1.29 is 14.6 Å². The van der Waals surface area contributed by atoms with Crippen LogP contribution in [0, 0.1) is 0 Å². The molecule has 0 saturated carbocycles. The molecule has 0 radical (unpaired) electrons. The lowest BCUT2D eigenvalue weighted by molar-refractivity contribution is 0.241. The third-order valence-electron chi connectivity index (χ3n) is 4.23. The summed E-state index contributed by atoms with van der Waals surface area (Å²) >= 11 is 3.46. The normalized spacial score (nSPS) is 13.8. The van der Waals surface area contributed by atoms with Gasteiger partial charge < -0.3 is 14.6 Å². The number of methoxy groups -OCH3 is 2. The van der Waals surface area contributed by atoms with Crippen molar-refractivity contribution in [1.82, 2.24) is 4.90 Å². The van der Waals surface area contributed by atoms with Crippen molar-refractivity contribution in [2.24, 2.45) is 0 Å². The minimum Gasteiger partial charge on any atom is -0.508 e. The monoisotopic (exact) mass is 413 g/mol. The number of aromatic hydroxyl groups is 1. The molecule has 0 amide bonds. The molecule has 0 saturated heterocycles. The van der Waals surface area contributed by atoms with E-state index in [9.17, 15) is 5.11 Å². The maximum absolute atomic E-state index is 10.0. The molecular formula is C18H21BrClNO3. The van der Waals surface area contributed by atoms with E-state index in [-0.39, 0.29) is 12.4 Å². The largest absolute Gasteiger partial charge is 0.508 e. The van der Waals surface area contributed by atoms with Gasteiger partial charge >= 0.3 is 0 Å². The van der Waals surface area contributed by atoms with Crippen molar-refractivity contribution >= 4 is 28.3 Å². The molecule has 2 aromatic carbocycles. The zero-order chi connectivity index (χ0) is 16.4. The number of phenols is 1. The molecule has 0 spiro atoms. The maximum Gasteiger partial charge on any atom is 0.161 e. The highest BCUT2D eigenvalue weighted by atomic mass is 79.9. The van der Waals surface area contributed by atoms with Crippen LogP contribution in [0.3, 0.4) is 0 Å². The average Bonchev–Trinajstić information content (AvgIpc) is 2.56. The molecule has 3 rings (SSSR count). The summed E-state index contributed by atoms with van der Waals surface area (Å²) in [5.41, 5.74) is 3.49. The van der Waals surface area contributed by atoms with Crippen molar-refractivity contribution in [1.29, 1.82) is 0 Å². The van der Waals surface area contributed by atoms with Gasteiger partial charge in [-0.2, -0.15) is 0 Å². The highest BCUT2D eigenvalue weighted by Crippen LogP contribution is 2.34. The zero-order valence-electron chi connectivity index (χ0n) is 13.7. The molecule has 24 heavy (non-hydrogen) atoms. The molecule has 0 bridgehead atoms. The Morgan fingerprint density at radius 1 is 1.08 bits per heavy atom. The molecule has 1 N–H and O–H groups in total. The number of ether oxygens (including phenoxy) is 2. The first-order valence-electron chi connectivity index (χ1n) is 7.54. The number of phenolic OH excluding ortho intramolecular Hbond substituents is 1. The predicted octanol–water partition coefficient (Wildman–Crippen LogP) is 4.15. The van der Waals surface area contributed by atoms with Crippen LogP contribution < -0.4 is 9.47 Å². The summed E-state index contributed by atoms with van der Waals surface area (Å²) in [6, 6.07) is 9.68. The molecule has 4 nitrogen and oxygen atoms in total. The standard InChI is InChI=1S/C18H20BrNO3.ClH/c1-22-17-8-12-5-6-20(10-13(12)9-18(17)23-2)11-14-7-15(19)3-4-16(14)21;/h3-4,7-9,21H,5-6,10-11H2,1-2H3;1H. The molecule has 1 heterocycles. The van der Waals surface area contributed by atoms with Crippen LogP contribution in [-0.2, 0) is 19.5 Å². The molecule has 130 valence electrons. The highest BCUT2D eigenvalue weighted by Gasteiger charge is 2.20. The van der Waals surface area contributed by atoms with E-state index < -0.39 is 0 Å². The van der Waals surface area contributed by atoms with Crippen LogP contribution in [0.15, 0.2) is 34.8 Å². The topological polar surface area (TPSA) is 41.9 Å². The average molecular weight is 415 g/mol. The number of fused-ring (bicyclic) bond motifs is 1. The highest BCUT2D eigenvalue weighted by molar-refractivity contribution is 9.10. The molecule has 0 fully saturated rings. The second-order valence-electron chi connectivity index (χ2n) is 5.71. The quantitative estimate of drug-likeness (QED) is 0.816. The van der Waals surface area contributed by atoms with Crippen molar-refractivity contribution in [2.75, 3.05) is 20.8 Å². The predicted molar refractivity (Wildman–Crippen MR) is 100 cm³/mol. The van der Waals surface area contributed by atoms with Crippen LogP contribution >= 0.6 is 28.3 Å². The van der Waals surface area contributed by atoms with Gasteiger partial charge in [-0.1, -0.05) is 15.9 Å². The Balaban J connectivity index is 0.00000208. The van der Waals surface area contributed by atoms with Crippen molar-refractivity contribution in [3.05, 3.63) is 51.5 Å². The third kappa shape index (κ3) is 3.97. The first-order valence-corrected chi connectivity index (χ1v) is 8.33. The summed E-state index contributed by atoms with van der Waals surface area (Å²) in [4.78, 5) is 2.33. The summed E-state index contributed by atoms with van der Waals surface area (Å²) in [5.74, 6) is 1.88. The molecule has 0 aromatic heterocycles. The van der Waals surface area contributed by atoms with Crippen molar-refractivity contribution in [3.63, 3.8) is 0 Å². The van der Waals surface area contributed by atoms with E-state index in [1.54, 1.807) is 20.3 Å². The molecule has 0 atom stereocenters. The Labute approximate surface area is 156 Å². The fourth-order valence-electron chi connectivity index (χ4n) is 3.00.